The van der Waals surface area contributed by atoms with Gasteiger partial charge in [0, 0.05) is 23.5 Å². The highest BCUT2D eigenvalue weighted by atomic mass is 35.5. The van der Waals surface area contributed by atoms with Crippen LogP contribution in [0.1, 0.15) is 0 Å². The standard InChI is InChI=1S/C11H7Cl2N3O4S/c12-7-1-2-10(16(17)18)9(5-7)15-21(19,20)11-6-14-4-3-8(11)13/h1-6,15H. The van der Waals surface area contributed by atoms with Crippen molar-refractivity contribution in [1.82, 2.24) is 4.98 Å². The van der Waals surface area contributed by atoms with Crippen LogP contribution >= 0.6 is 23.2 Å². The summed E-state index contributed by atoms with van der Waals surface area (Å²) in [5.41, 5.74) is -0.685. The molecule has 1 heterocycles. The van der Waals surface area contributed by atoms with E-state index in [1.165, 1.54) is 18.3 Å². The molecule has 2 rings (SSSR count). The van der Waals surface area contributed by atoms with Gasteiger partial charge in [0.1, 0.15) is 10.6 Å². The molecule has 0 unspecified atom stereocenters. The lowest BCUT2D eigenvalue weighted by atomic mass is 10.3. The lowest BCUT2D eigenvalue weighted by molar-refractivity contribution is -0.383. The molecule has 21 heavy (non-hydrogen) atoms. The molecule has 7 nitrogen and oxygen atoms in total. The number of nitrogens with zero attached hydrogens (tertiary/aromatic N) is 2. The summed E-state index contributed by atoms with van der Waals surface area (Å²) in [5, 5.41) is 11.0. The Kier molecular flexibility index (Phi) is 4.31. The summed E-state index contributed by atoms with van der Waals surface area (Å²) in [6.45, 7) is 0. The number of hydrogen-bond donors (Lipinski definition) is 1. The summed E-state index contributed by atoms with van der Waals surface area (Å²) in [6, 6.07) is 4.82. The molecule has 2 aromatic rings. The maximum atomic E-state index is 12.2. The van der Waals surface area contributed by atoms with E-state index in [1.54, 1.807) is 0 Å². The second kappa shape index (κ2) is 5.84. The largest absolute Gasteiger partial charge is 0.293 e. The van der Waals surface area contributed by atoms with E-state index >= 15 is 0 Å². The number of pyridine rings is 1. The molecular weight excluding hydrogens is 341 g/mol. The predicted octanol–water partition coefficient (Wildman–Crippen LogP) is 3.10. The minimum Gasteiger partial charge on any atom is -0.273 e. The number of rotatable bonds is 4. The second-order valence-corrected chi connectivity index (χ2v) is 6.32. The van der Waals surface area contributed by atoms with Gasteiger partial charge < -0.3 is 0 Å². The van der Waals surface area contributed by atoms with Gasteiger partial charge in [-0.15, -0.1) is 0 Å². The fourth-order valence-corrected chi connectivity index (χ4v) is 3.18. The highest BCUT2D eigenvalue weighted by molar-refractivity contribution is 7.92. The molecule has 0 saturated heterocycles. The van der Waals surface area contributed by atoms with Crippen LogP contribution in [0.25, 0.3) is 0 Å². The lowest BCUT2D eigenvalue weighted by Crippen LogP contribution is -2.14. The van der Waals surface area contributed by atoms with Crippen LogP contribution in [0.4, 0.5) is 11.4 Å². The van der Waals surface area contributed by atoms with E-state index in [2.05, 4.69) is 9.71 Å². The molecule has 110 valence electrons. The Morgan fingerprint density at radius 3 is 2.57 bits per heavy atom. The SMILES string of the molecule is O=[N+]([O-])c1ccc(Cl)cc1NS(=O)(=O)c1cnccc1Cl. The molecule has 0 atom stereocenters. The third kappa shape index (κ3) is 3.41. The van der Waals surface area contributed by atoms with Crippen molar-refractivity contribution < 1.29 is 13.3 Å². The van der Waals surface area contributed by atoms with Crippen molar-refractivity contribution in [2.75, 3.05) is 4.72 Å². The fraction of sp³-hybridized carbons (Fsp3) is 0. The zero-order chi connectivity index (χ0) is 15.6. The number of nitro benzene ring substituents is 1. The van der Waals surface area contributed by atoms with E-state index in [1.807, 2.05) is 0 Å². The maximum absolute atomic E-state index is 12.2. The first-order chi connectivity index (χ1) is 9.81. The van der Waals surface area contributed by atoms with Gasteiger partial charge in [0.15, 0.2) is 0 Å². The smallest absolute Gasteiger partial charge is 0.273 e. The van der Waals surface area contributed by atoms with Crippen LogP contribution in [-0.4, -0.2) is 18.3 Å². The Morgan fingerprint density at radius 1 is 1.24 bits per heavy atom. The Bertz CT molecular complexity index is 811. The van der Waals surface area contributed by atoms with Crippen molar-refractivity contribution in [3.05, 3.63) is 56.8 Å². The number of halogens is 2. The van der Waals surface area contributed by atoms with Crippen molar-refractivity contribution in [2.45, 2.75) is 4.90 Å². The minimum atomic E-state index is -4.12. The van der Waals surface area contributed by atoms with Gasteiger partial charge in [-0.2, -0.15) is 0 Å². The molecule has 10 heteroatoms. The van der Waals surface area contributed by atoms with Crippen molar-refractivity contribution in [3.63, 3.8) is 0 Å². The van der Waals surface area contributed by atoms with Crippen molar-refractivity contribution in [3.8, 4) is 0 Å². The van der Waals surface area contributed by atoms with Crippen LogP contribution in [0.3, 0.4) is 0 Å². The molecular formula is C11H7Cl2N3O4S. The summed E-state index contributed by atoms with van der Waals surface area (Å²) in [6.07, 6.45) is 2.37. The highest BCUT2D eigenvalue weighted by Crippen LogP contribution is 2.30. The zero-order valence-corrected chi connectivity index (χ0v) is 12.5. The first-order valence-electron chi connectivity index (χ1n) is 5.37. The summed E-state index contributed by atoms with van der Waals surface area (Å²) in [4.78, 5) is 13.6. The number of hydrogen-bond acceptors (Lipinski definition) is 5. The topological polar surface area (TPSA) is 102 Å². The molecule has 0 radical (unpaired) electrons. The molecule has 0 aliphatic heterocycles. The van der Waals surface area contributed by atoms with Crippen LogP contribution in [0, 0.1) is 10.1 Å². The normalized spacial score (nSPS) is 11.1. The Morgan fingerprint density at radius 2 is 1.95 bits per heavy atom. The average molecular weight is 348 g/mol. The molecule has 0 bridgehead atoms. The molecule has 0 spiro atoms. The van der Waals surface area contributed by atoms with E-state index in [0.717, 1.165) is 18.3 Å². The molecule has 1 aromatic heterocycles. The molecule has 0 amide bonds. The number of nitrogens with one attached hydrogen (secondary N) is 1. The van der Waals surface area contributed by atoms with E-state index in [4.69, 9.17) is 23.2 Å². The second-order valence-electron chi connectivity index (χ2n) is 3.83. The lowest BCUT2D eigenvalue weighted by Gasteiger charge is -2.09. The van der Waals surface area contributed by atoms with Gasteiger partial charge in [0.2, 0.25) is 0 Å². The van der Waals surface area contributed by atoms with Gasteiger partial charge in [0.25, 0.3) is 15.7 Å². The van der Waals surface area contributed by atoms with Crippen molar-refractivity contribution in [2.24, 2.45) is 0 Å². The summed E-state index contributed by atoms with van der Waals surface area (Å²) >= 11 is 11.5. The molecule has 0 fully saturated rings. The Balaban J connectivity index is 2.49. The highest BCUT2D eigenvalue weighted by Gasteiger charge is 2.23. The zero-order valence-electron chi connectivity index (χ0n) is 10.2. The van der Waals surface area contributed by atoms with Crippen LogP contribution in [0.15, 0.2) is 41.6 Å². The molecule has 0 aliphatic carbocycles. The average Bonchev–Trinajstić information content (AvgIpc) is 2.38. The number of aromatic nitrogens is 1. The predicted molar refractivity (Wildman–Crippen MR) is 78.2 cm³/mol. The first-order valence-corrected chi connectivity index (χ1v) is 7.61. The quantitative estimate of drug-likeness (QED) is 0.676. The van der Waals surface area contributed by atoms with Gasteiger partial charge >= 0.3 is 0 Å². The fourth-order valence-electron chi connectivity index (χ4n) is 1.51. The van der Waals surface area contributed by atoms with Crippen LogP contribution in [0.2, 0.25) is 10.0 Å². The van der Waals surface area contributed by atoms with Crippen molar-refractivity contribution in [1.29, 1.82) is 0 Å². The summed E-state index contributed by atoms with van der Waals surface area (Å²) in [5.74, 6) is 0. The monoisotopic (exact) mass is 347 g/mol. The first kappa shape index (κ1) is 15.5. The number of nitro groups is 1. The van der Waals surface area contributed by atoms with Crippen LogP contribution in [-0.2, 0) is 10.0 Å². The number of anilines is 1. The molecule has 1 aromatic carbocycles. The van der Waals surface area contributed by atoms with Crippen molar-refractivity contribution >= 4 is 44.6 Å². The van der Waals surface area contributed by atoms with Gasteiger partial charge in [0.05, 0.1) is 9.95 Å². The number of sulfonamides is 1. The van der Waals surface area contributed by atoms with Gasteiger partial charge in [-0.3, -0.25) is 19.8 Å². The molecule has 1 N–H and O–H groups in total. The van der Waals surface area contributed by atoms with Crippen LogP contribution < -0.4 is 4.72 Å². The minimum absolute atomic E-state index is 0.0535. The van der Waals surface area contributed by atoms with E-state index in [-0.39, 0.29) is 20.6 Å². The third-order valence-corrected chi connectivity index (χ3v) is 4.49. The number of benzene rings is 1. The van der Waals surface area contributed by atoms with E-state index < -0.39 is 20.6 Å². The van der Waals surface area contributed by atoms with E-state index in [9.17, 15) is 18.5 Å². The van der Waals surface area contributed by atoms with Crippen LogP contribution in [0.5, 0.6) is 0 Å². The molecule has 0 saturated carbocycles. The summed E-state index contributed by atoms with van der Waals surface area (Å²) in [7, 11) is -4.12. The summed E-state index contributed by atoms with van der Waals surface area (Å²) < 4.78 is 26.5. The van der Waals surface area contributed by atoms with E-state index in [0.29, 0.717) is 0 Å². The van der Waals surface area contributed by atoms with Gasteiger partial charge in [-0.25, -0.2) is 8.42 Å². The Hall–Kier alpha value is -1.90. The van der Waals surface area contributed by atoms with Gasteiger partial charge in [-0.05, 0) is 18.2 Å². The maximum Gasteiger partial charge on any atom is 0.293 e. The van der Waals surface area contributed by atoms with Gasteiger partial charge in [-0.1, -0.05) is 23.2 Å². The Labute approximate surface area is 129 Å². The molecule has 0 aliphatic rings. The third-order valence-electron chi connectivity index (χ3n) is 2.42.